The fourth-order valence-electron chi connectivity index (χ4n) is 12.8. The third kappa shape index (κ3) is 6.01. The second-order valence-electron chi connectivity index (χ2n) is 19.6. The molecule has 5 aliphatic rings. The van der Waals surface area contributed by atoms with Crippen LogP contribution in [-0.2, 0) is 35.3 Å². The van der Waals surface area contributed by atoms with Crippen LogP contribution in [0.4, 0.5) is 4.39 Å². The van der Waals surface area contributed by atoms with Gasteiger partial charge in [0, 0.05) is 18.4 Å². The number of halogens is 1. The number of Topliss-reactive ketones (excluding diaryl/α,β-unsaturated/α-hetero) is 2. The van der Waals surface area contributed by atoms with Crippen molar-refractivity contribution in [3.63, 3.8) is 0 Å². The summed E-state index contributed by atoms with van der Waals surface area (Å²) < 4.78 is 19.6. The van der Waals surface area contributed by atoms with Crippen LogP contribution in [0.3, 0.4) is 0 Å². The number of hydrogen-bond acceptors (Lipinski definition) is 6. The van der Waals surface area contributed by atoms with E-state index < -0.39 is 34.5 Å². The molecule has 290 valence electrons. The number of rotatable bonds is 9. The summed E-state index contributed by atoms with van der Waals surface area (Å²) in [6.45, 7) is 19.0. The van der Waals surface area contributed by atoms with Gasteiger partial charge in [-0.25, -0.2) is 4.39 Å². The van der Waals surface area contributed by atoms with Gasteiger partial charge in [0.2, 0.25) is 5.78 Å². The molecule has 0 spiro atoms. The van der Waals surface area contributed by atoms with Gasteiger partial charge in [0.05, 0.1) is 17.3 Å². The van der Waals surface area contributed by atoms with Gasteiger partial charge in [0.25, 0.3) is 5.91 Å². The highest BCUT2D eigenvalue weighted by molar-refractivity contribution is 6.40. The van der Waals surface area contributed by atoms with Crippen LogP contribution in [0.15, 0.2) is 35.4 Å². The maximum atomic E-state index is 14.4. The molecule has 5 aliphatic carbocycles. The molecule has 0 radical (unpaired) electrons. The Morgan fingerprint density at radius 3 is 2.19 bits per heavy atom. The first-order chi connectivity index (χ1) is 24.5. The summed E-state index contributed by atoms with van der Waals surface area (Å²) in [5.41, 5.74) is -0.601. The lowest BCUT2D eigenvalue weighted by atomic mass is 9.33. The maximum Gasteiger partial charge on any atom is 0.309 e. The lowest BCUT2D eigenvalue weighted by Crippen LogP contribution is -2.66. The van der Waals surface area contributed by atoms with Gasteiger partial charge in [-0.1, -0.05) is 60.6 Å². The summed E-state index contributed by atoms with van der Waals surface area (Å²) in [7, 11) is 0. The van der Waals surface area contributed by atoms with Crippen molar-refractivity contribution in [2.45, 2.75) is 139 Å². The lowest BCUT2D eigenvalue weighted by Gasteiger charge is -2.72. The zero-order valence-electron chi connectivity index (χ0n) is 33.2. The van der Waals surface area contributed by atoms with Gasteiger partial charge in [-0.3, -0.25) is 24.0 Å². The number of carbonyl (C=O) groups excluding carboxylic acids is 4. The number of allylic oxidation sites excluding steroid dienone is 2. The standard InChI is InChI=1S/C44H60FNO7/c1-25(2)34-29(47)22-44(36(49)37(50)46-24-26-10-12-27(45)13-11-26)21-20-42(8)28(35(34)44)14-15-31-41(7)18-17-32(53-33(48)23-39(3,4)38(51)52)40(5,6)30(41)16-19-43(31,42)9/h10-13,25,28,30-32H,14-24H2,1-9H3,(H,46,50)(H,51,52)/t28-,30+,31-,32+,41+,42-,43-,44-/m1/s1. The van der Waals surface area contributed by atoms with Crippen LogP contribution in [-0.4, -0.2) is 40.6 Å². The average Bonchev–Trinajstić information content (AvgIpc) is 3.38. The van der Waals surface area contributed by atoms with Gasteiger partial charge in [0.15, 0.2) is 5.78 Å². The summed E-state index contributed by atoms with van der Waals surface area (Å²) in [5, 5.41) is 12.4. The van der Waals surface area contributed by atoms with Crippen LogP contribution < -0.4 is 5.32 Å². The fourth-order valence-corrected chi connectivity index (χ4v) is 12.8. The summed E-state index contributed by atoms with van der Waals surface area (Å²) in [4.78, 5) is 66.8. The SMILES string of the molecule is CC(C)C1=C2[C@H]3CC[C@@H]4[C@@]5(C)CC[C@H](OC(=O)CC(C)(C)C(=O)O)C(C)(C)[C@@H]5CC[C@@]4(C)[C@]3(C)CC[C@@]2(C(=O)C(=O)NCc2ccc(F)cc2)CC1=O. The second kappa shape index (κ2) is 13.1. The van der Waals surface area contributed by atoms with Crippen LogP contribution in [0, 0.1) is 62.0 Å². The second-order valence-corrected chi connectivity index (χ2v) is 19.6. The Hall–Kier alpha value is -3.36. The zero-order chi connectivity index (χ0) is 39.1. The molecule has 1 aromatic rings. The first-order valence-corrected chi connectivity index (χ1v) is 19.8. The molecule has 9 heteroatoms. The van der Waals surface area contributed by atoms with Gasteiger partial charge in [-0.2, -0.15) is 0 Å². The minimum Gasteiger partial charge on any atom is -0.481 e. The number of aliphatic carboxylic acids is 1. The number of carboxylic acid groups (broad SMARTS) is 1. The Labute approximate surface area is 314 Å². The van der Waals surface area contributed by atoms with E-state index in [-0.39, 0.29) is 70.6 Å². The molecule has 0 aromatic heterocycles. The highest BCUT2D eigenvalue weighted by atomic mass is 19.1. The van der Waals surface area contributed by atoms with E-state index in [0.29, 0.717) is 30.2 Å². The Morgan fingerprint density at radius 1 is 0.906 bits per heavy atom. The molecule has 0 bridgehead atoms. The molecule has 8 atom stereocenters. The fraction of sp³-hybridized carbons (Fsp3) is 0.705. The number of ether oxygens (including phenoxy) is 1. The van der Waals surface area contributed by atoms with Gasteiger partial charge in [-0.15, -0.1) is 0 Å². The van der Waals surface area contributed by atoms with Crippen molar-refractivity contribution in [2.75, 3.05) is 0 Å². The largest absolute Gasteiger partial charge is 0.481 e. The van der Waals surface area contributed by atoms with Crippen molar-refractivity contribution in [2.24, 2.45) is 56.2 Å². The Bertz CT molecular complexity index is 1740. The number of carbonyl (C=O) groups is 5. The molecule has 0 unspecified atom stereocenters. The third-order valence-electron chi connectivity index (χ3n) is 15.8. The number of benzene rings is 1. The Balaban J connectivity index is 1.28. The van der Waals surface area contributed by atoms with E-state index in [2.05, 4.69) is 39.9 Å². The van der Waals surface area contributed by atoms with E-state index in [1.807, 2.05) is 13.8 Å². The molecular weight excluding hydrogens is 673 g/mol. The monoisotopic (exact) mass is 733 g/mol. The Morgan fingerprint density at radius 2 is 1.57 bits per heavy atom. The van der Waals surface area contributed by atoms with E-state index >= 15 is 0 Å². The van der Waals surface area contributed by atoms with Gasteiger partial charge in [-0.05, 0) is 134 Å². The van der Waals surface area contributed by atoms with Crippen molar-refractivity contribution < 1.29 is 38.2 Å². The summed E-state index contributed by atoms with van der Waals surface area (Å²) in [5.74, 6) is -2.48. The van der Waals surface area contributed by atoms with E-state index in [1.54, 1.807) is 26.0 Å². The van der Waals surface area contributed by atoms with Crippen molar-refractivity contribution >= 4 is 29.4 Å². The first kappa shape index (κ1) is 39.3. The summed E-state index contributed by atoms with van der Waals surface area (Å²) >= 11 is 0. The van der Waals surface area contributed by atoms with E-state index in [0.717, 1.165) is 49.7 Å². The predicted molar refractivity (Wildman–Crippen MR) is 199 cm³/mol. The number of esters is 1. The number of fused-ring (bicyclic) bond motifs is 7. The smallest absolute Gasteiger partial charge is 0.309 e. The number of ketones is 2. The van der Waals surface area contributed by atoms with Crippen LogP contribution in [0.2, 0.25) is 0 Å². The van der Waals surface area contributed by atoms with E-state index in [4.69, 9.17) is 4.74 Å². The number of hydrogen-bond donors (Lipinski definition) is 2. The molecule has 0 heterocycles. The molecule has 4 saturated carbocycles. The molecule has 0 aliphatic heterocycles. The lowest BCUT2D eigenvalue weighted by molar-refractivity contribution is -0.233. The minimum atomic E-state index is -1.20. The molecule has 1 amide bonds. The van der Waals surface area contributed by atoms with Crippen molar-refractivity contribution in [1.29, 1.82) is 0 Å². The summed E-state index contributed by atoms with van der Waals surface area (Å²) in [6.07, 6.45) is 6.10. The van der Waals surface area contributed by atoms with Gasteiger partial charge in [0.1, 0.15) is 11.9 Å². The van der Waals surface area contributed by atoms with Crippen molar-refractivity contribution in [3.8, 4) is 0 Å². The van der Waals surface area contributed by atoms with Gasteiger partial charge < -0.3 is 15.2 Å². The normalized spacial score (nSPS) is 36.2. The van der Waals surface area contributed by atoms with Crippen LogP contribution in [0.1, 0.15) is 132 Å². The van der Waals surface area contributed by atoms with Gasteiger partial charge >= 0.3 is 11.9 Å². The zero-order valence-corrected chi connectivity index (χ0v) is 33.2. The number of amides is 1. The molecule has 2 N–H and O–H groups in total. The molecule has 4 fully saturated rings. The first-order valence-electron chi connectivity index (χ1n) is 19.8. The molecule has 1 aromatic carbocycles. The average molecular weight is 734 g/mol. The number of nitrogens with one attached hydrogen (secondary N) is 1. The van der Waals surface area contributed by atoms with Crippen molar-refractivity contribution in [1.82, 2.24) is 5.32 Å². The molecule has 6 rings (SSSR count). The highest BCUT2D eigenvalue weighted by Gasteiger charge is 2.71. The predicted octanol–water partition coefficient (Wildman–Crippen LogP) is 8.40. The van der Waals surface area contributed by atoms with E-state index in [9.17, 15) is 33.5 Å². The maximum absolute atomic E-state index is 14.4. The molecule has 8 nitrogen and oxygen atoms in total. The molecular formula is C44H60FNO7. The third-order valence-corrected chi connectivity index (χ3v) is 15.8. The quantitative estimate of drug-likeness (QED) is 0.193. The Kier molecular flexibility index (Phi) is 9.76. The summed E-state index contributed by atoms with van der Waals surface area (Å²) in [6, 6.07) is 5.83. The molecule has 0 saturated heterocycles. The minimum absolute atomic E-state index is 0.00163. The van der Waals surface area contributed by atoms with E-state index in [1.165, 1.54) is 12.1 Å². The van der Waals surface area contributed by atoms with Crippen LogP contribution in [0.5, 0.6) is 0 Å². The number of carboxylic acids is 1. The highest BCUT2D eigenvalue weighted by Crippen LogP contribution is 2.76. The topological polar surface area (TPSA) is 127 Å². The molecule has 53 heavy (non-hydrogen) atoms. The van der Waals surface area contributed by atoms with Crippen molar-refractivity contribution in [3.05, 3.63) is 46.8 Å². The van der Waals surface area contributed by atoms with Crippen LogP contribution >= 0.6 is 0 Å². The van der Waals surface area contributed by atoms with Crippen LogP contribution in [0.25, 0.3) is 0 Å².